The highest BCUT2D eigenvalue weighted by atomic mass is 32.2. The van der Waals surface area contributed by atoms with Crippen LogP contribution in [0.1, 0.15) is 21.8 Å². The van der Waals surface area contributed by atoms with Gasteiger partial charge in [-0.2, -0.15) is 4.37 Å². The van der Waals surface area contributed by atoms with Gasteiger partial charge in [0.1, 0.15) is 5.69 Å². The zero-order valence-electron chi connectivity index (χ0n) is 9.71. The molecule has 1 saturated heterocycles. The van der Waals surface area contributed by atoms with Crippen LogP contribution in [0.4, 0.5) is 0 Å². The molecule has 1 aliphatic rings. The van der Waals surface area contributed by atoms with Gasteiger partial charge in [0.15, 0.2) is 9.84 Å². The van der Waals surface area contributed by atoms with Gasteiger partial charge in [0.05, 0.1) is 11.5 Å². The second-order valence-electron chi connectivity index (χ2n) is 4.30. The molecule has 0 aliphatic carbocycles. The maximum Gasteiger partial charge on any atom is 0.273 e. The van der Waals surface area contributed by atoms with Crippen LogP contribution >= 0.6 is 11.5 Å². The van der Waals surface area contributed by atoms with Crippen LogP contribution in [0.25, 0.3) is 0 Å². The Morgan fingerprint density at radius 3 is 2.76 bits per heavy atom. The fourth-order valence-electron chi connectivity index (χ4n) is 1.89. The first-order valence-corrected chi connectivity index (χ1v) is 7.89. The number of sulfone groups is 1. The SMILES string of the molecule is Cc1cc(C(=O)N(C)C2CCS(=O)(=O)C2)ns1. The fraction of sp³-hybridized carbons (Fsp3) is 0.600. The normalized spacial score (nSPS) is 22.6. The Morgan fingerprint density at radius 1 is 1.59 bits per heavy atom. The van der Waals surface area contributed by atoms with Crippen LogP contribution < -0.4 is 0 Å². The second-order valence-corrected chi connectivity index (χ2v) is 7.53. The second kappa shape index (κ2) is 4.38. The average Bonchev–Trinajstić information content (AvgIpc) is 2.82. The molecular weight excluding hydrogens is 260 g/mol. The van der Waals surface area contributed by atoms with E-state index < -0.39 is 9.84 Å². The van der Waals surface area contributed by atoms with Crippen LogP contribution in [-0.4, -0.2) is 48.2 Å². The lowest BCUT2D eigenvalue weighted by Gasteiger charge is -2.22. The van der Waals surface area contributed by atoms with E-state index in [-0.39, 0.29) is 23.5 Å². The Labute approximate surface area is 105 Å². The van der Waals surface area contributed by atoms with Gasteiger partial charge in [-0.05, 0) is 30.9 Å². The summed E-state index contributed by atoms with van der Waals surface area (Å²) in [5, 5.41) is 0. The highest BCUT2D eigenvalue weighted by molar-refractivity contribution is 7.91. The van der Waals surface area contributed by atoms with E-state index in [0.717, 1.165) is 4.88 Å². The van der Waals surface area contributed by atoms with Crippen molar-refractivity contribution in [2.24, 2.45) is 0 Å². The zero-order valence-corrected chi connectivity index (χ0v) is 11.3. The van der Waals surface area contributed by atoms with Gasteiger partial charge in [0.2, 0.25) is 0 Å². The Morgan fingerprint density at radius 2 is 2.29 bits per heavy atom. The molecule has 0 N–H and O–H groups in total. The van der Waals surface area contributed by atoms with Crippen molar-refractivity contribution in [3.05, 3.63) is 16.6 Å². The van der Waals surface area contributed by atoms with E-state index in [1.54, 1.807) is 13.1 Å². The fourth-order valence-corrected chi connectivity index (χ4v) is 4.21. The van der Waals surface area contributed by atoms with Crippen molar-refractivity contribution in [1.29, 1.82) is 0 Å². The van der Waals surface area contributed by atoms with Crippen molar-refractivity contribution in [2.45, 2.75) is 19.4 Å². The lowest BCUT2D eigenvalue weighted by atomic mass is 10.2. The van der Waals surface area contributed by atoms with E-state index in [1.165, 1.54) is 16.4 Å². The van der Waals surface area contributed by atoms with Crippen LogP contribution in [0.15, 0.2) is 6.07 Å². The van der Waals surface area contributed by atoms with Crippen molar-refractivity contribution >= 4 is 27.3 Å². The topological polar surface area (TPSA) is 67.3 Å². The van der Waals surface area contributed by atoms with Crippen LogP contribution in [0.5, 0.6) is 0 Å². The molecule has 5 nitrogen and oxygen atoms in total. The molecule has 1 aromatic heterocycles. The first-order chi connectivity index (χ1) is 7.89. The highest BCUT2D eigenvalue weighted by Gasteiger charge is 2.33. The number of nitrogens with zero attached hydrogens (tertiary/aromatic N) is 2. The Balaban J connectivity index is 2.11. The molecule has 0 aromatic carbocycles. The van der Waals surface area contributed by atoms with Gasteiger partial charge >= 0.3 is 0 Å². The molecule has 2 heterocycles. The Kier molecular flexibility index (Phi) is 3.22. The number of carbonyl (C=O) groups is 1. The number of aromatic nitrogens is 1. The largest absolute Gasteiger partial charge is 0.336 e. The van der Waals surface area contributed by atoms with E-state index in [1.807, 2.05) is 6.92 Å². The van der Waals surface area contributed by atoms with Crippen LogP contribution in [-0.2, 0) is 9.84 Å². The summed E-state index contributed by atoms with van der Waals surface area (Å²) in [5.41, 5.74) is 0.402. The molecule has 0 bridgehead atoms. The number of hydrogen-bond acceptors (Lipinski definition) is 5. The summed E-state index contributed by atoms with van der Waals surface area (Å²) in [6.07, 6.45) is 0.522. The van der Waals surface area contributed by atoms with Crippen molar-refractivity contribution in [2.75, 3.05) is 18.6 Å². The highest BCUT2D eigenvalue weighted by Crippen LogP contribution is 2.19. The molecular formula is C10H14N2O3S2. The number of amides is 1. The van der Waals surface area contributed by atoms with E-state index in [2.05, 4.69) is 4.37 Å². The van der Waals surface area contributed by atoms with E-state index in [0.29, 0.717) is 12.1 Å². The molecule has 1 aliphatic heterocycles. The first kappa shape index (κ1) is 12.5. The minimum Gasteiger partial charge on any atom is -0.336 e. The summed E-state index contributed by atoms with van der Waals surface area (Å²) >= 11 is 1.28. The molecule has 1 fully saturated rings. The lowest BCUT2D eigenvalue weighted by molar-refractivity contribution is 0.0743. The van der Waals surface area contributed by atoms with Crippen molar-refractivity contribution in [3.63, 3.8) is 0 Å². The van der Waals surface area contributed by atoms with Crippen LogP contribution in [0, 0.1) is 6.92 Å². The standard InChI is InChI=1S/C10H14N2O3S2/c1-7-5-9(11-16-7)10(13)12(2)8-3-4-17(14,15)6-8/h5,8H,3-4,6H2,1-2H3. The molecule has 17 heavy (non-hydrogen) atoms. The molecule has 1 amide bonds. The number of carbonyl (C=O) groups excluding carboxylic acids is 1. The van der Waals surface area contributed by atoms with Gasteiger partial charge < -0.3 is 4.90 Å². The number of aryl methyl sites for hydroxylation is 1. The van der Waals surface area contributed by atoms with Gasteiger partial charge in [-0.15, -0.1) is 0 Å². The summed E-state index contributed by atoms with van der Waals surface area (Å²) in [4.78, 5) is 14.5. The third kappa shape index (κ3) is 2.66. The first-order valence-electron chi connectivity index (χ1n) is 5.30. The van der Waals surface area contributed by atoms with E-state index in [4.69, 9.17) is 0 Å². The average molecular weight is 274 g/mol. The summed E-state index contributed by atoms with van der Waals surface area (Å²) in [6.45, 7) is 1.88. The molecule has 7 heteroatoms. The summed E-state index contributed by atoms with van der Waals surface area (Å²) < 4.78 is 26.8. The Hall–Kier alpha value is -0.950. The van der Waals surface area contributed by atoms with Crippen LogP contribution in [0.3, 0.4) is 0 Å². The maximum atomic E-state index is 12.0. The third-order valence-electron chi connectivity index (χ3n) is 2.92. The molecule has 1 unspecified atom stereocenters. The van der Waals surface area contributed by atoms with Crippen molar-refractivity contribution in [3.8, 4) is 0 Å². The Bertz CT molecular complexity index is 536. The minimum absolute atomic E-state index is 0.0678. The van der Waals surface area contributed by atoms with E-state index in [9.17, 15) is 13.2 Å². The van der Waals surface area contributed by atoms with Gasteiger partial charge in [0, 0.05) is 18.0 Å². The van der Waals surface area contributed by atoms with Crippen molar-refractivity contribution in [1.82, 2.24) is 9.27 Å². The molecule has 0 radical (unpaired) electrons. The molecule has 0 saturated carbocycles. The predicted octanol–water partition coefficient (Wildman–Crippen LogP) is 0.711. The molecule has 94 valence electrons. The third-order valence-corrected chi connectivity index (χ3v) is 5.37. The molecule has 1 atom stereocenters. The van der Waals surface area contributed by atoms with Crippen molar-refractivity contribution < 1.29 is 13.2 Å². The van der Waals surface area contributed by atoms with Crippen LogP contribution in [0.2, 0.25) is 0 Å². The van der Waals surface area contributed by atoms with Gasteiger partial charge in [-0.3, -0.25) is 4.79 Å². The van der Waals surface area contributed by atoms with Gasteiger partial charge in [-0.1, -0.05) is 0 Å². The smallest absolute Gasteiger partial charge is 0.273 e. The predicted molar refractivity (Wildman–Crippen MR) is 66.0 cm³/mol. The molecule has 2 rings (SSSR count). The quantitative estimate of drug-likeness (QED) is 0.796. The zero-order chi connectivity index (χ0) is 12.6. The van der Waals surface area contributed by atoms with Gasteiger partial charge in [0.25, 0.3) is 5.91 Å². The lowest BCUT2D eigenvalue weighted by Crippen LogP contribution is -2.37. The minimum atomic E-state index is -2.96. The summed E-state index contributed by atoms with van der Waals surface area (Å²) in [5.74, 6) is 0.0421. The molecule has 1 aromatic rings. The monoisotopic (exact) mass is 274 g/mol. The summed E-state index contributed by atoms with van der Waals surface area (Å²) in [6, 6.07) is 1.52. The maximum absolute atomic E-state index is 12.0. The summed E-state index contributed by atoms with van der Waals surface area (Å²) in [7, 11) is -1.32. The van der Waals surface area contributed by atoms with Gasteiger partial charge in [-0.25, -0.2) is 8.42 Å². The number of hydrogen-bond donors (Lipinski definition) is 0. The molecule has 0 spiro atoms. The van der Waals surface area contributed by atoms with E-state index >= 15 is 0 Å². The number of rotatable bonds is 2.